The van der Waals surface area contributed by atoms with E-state index in [1.54, 1.807) is 16.2 Å². The van der Waals surface area contributed by atoms with E-state index in [1.165, 1.54) is 9.75 Å². The summed E-state index contributed by atoms with van der Waals surface area (Å²) in [6, 6.07) is 4.13. The second kappa shape index (κ2) is 5.32. The summed E-state index contributed by atoms with van der Waals surface area (Å²) in [5.41, 5.74) is 0. The van der Waals surface area contributed by atoms with Crippen molar-refractivity contribution in [2.75, 3.05) is 26.3 Å². The highest BCUT2D eigenvalue weighted by atomic mass is 32.1. The lowest BCUT2D eigenvalue weighted by atomic mass is 10.4. The minimum atomic E-state index is 0.00866. The van der Waals surface area contributed by atoms with Crippen LogP contribution in [-0.2, 0) is 11.3 Å². The van der Waals surface area contributed by atoms with Crippen molar-refractivity contribution in [1.82, 2.24) is 10.2 Å². The summed E-state index contributed by atoms with van der Waals surface area (Å²) in [6.45, 7) is 5.36. The van der Waals surface area contributed by atoms with Crippen LogP contribution in [0.15, 0.2) is 12.1 Å². The summed E-state index contributed by atoms with van der Waals surface area (Å²) in [4.78, 5) is 16.0. The van der Waals surface area contributed by atoms with Gasteiger partial charge in [-0.15, -0.1) is 11.3 Å². The van der Waals surface area contributed by atoms with Gasteiger partial charge in [0, 0.05) is 22.8 Å². The number of nitrogens with one attached hydrogen (secondary N) is 1. The lowest BCUT2D eigenvalue weighted by molar-refractivity contribution is 0.0531. The number of rotatable bonds is 2. The molecule has 1 N–H and O–H groups in total. The smallest absolute Gasteiger partial charge is 0.317 e. The molecule has 1 aliphatic rings. The largest absolute Gasteiger partial charge is 0.378 e. The molecule has 1 fully saturated rings. The molecule has 0 aliphatic carbocycles. The van der Waals surface area contributed by atoms with Crippen molar-refractivity contribution in [3.63, 3.8) is 0 Å². The van der Waals surface area contributed by atoms with Gasteiger partial charge in [0.25, 0.3) is 0 Å². The molecule has 2 rings (SSSR count). The Labute approximate surface area is 99.2 Å². The molecule has 0 spiro atoms. The molecule has 2 heterocycles. The predicted molar refractivity (Wildman–Crippen MR) is 63.7 cm³/mol. The molecule has 16 heavy (non-hydrogen) atoms. The van der Waals surface area contributed by atoms with Crippen molar-refractivity contribution in [3.05, 3.63) is 21.9 Å². The van der Waals surface area contributed by atoms with Crippen molar-refractivity contribution in [2.24, 2.45) is 0 Å². The Morgan fingerprint density at radius 2 is 2.25 bits per heavy atom. The third-order valence-electron chi connectivity index (χ3n) is 2.51. The van der Waals surface area contributed by atoms with Gasteiger partial charge in [0.1, 0.15) is 0 Å². The number of aryl methyl sites for hydroxylation is 1. The molecule has 0 aromatic carbocycles. The number of urea groups is 1. The summed E-state index contributed by atoms with van der Waals surface area (Å²) in [5.74, 6) is 0. The van der Waals surface area contributed by atoms with Gasteiger partial charge >= 0.3 is 6.03 Å². The van der Waals surface area contributed by atoms with E-state index in [9.17, 15) is 4.79 Å². The third-order valence-corrected chi connectivity index (χ3v) is 3.51. The highest BCUT2D eigenvalue weighted by molar-refractivity contribution is 7.11. The number of nitrogens with zero attached hydrogens (tertiary/aromatic N) is 1. The summed E-state index contributed by atoms with van der Waals surface area (Å²) in [5, 5.41) is 2.92. The molecule has 0 radical (unpaired) electrons. The van der Waals surface area contributed by atoms with Crippen LogP contribution >= 0.6 is 11.3 Å². The average Bonchev–Trinajstić information content (AvgIpc) is 2.73. The topological polar surface area (TPSA) is 41.6 Å². The van der Waals surface area contributed by atoms with E-state index in [-0.39, 0.29) is 6.03 Å². The van der Waals surface area contributed by atoms with Crippen molar-refractivity contribution in [3.8, 4) is 0 Å². The summed E-state index contributed by atoms with van der Waals surface area (Å²) >= 11 is 1.72. The van der Waals surface area contributed by atoms with Crippen LogP contribution in [0.2, 0.25) is 0 Å². The first-order valence-electron chi connectivity index (χ1n) is 5.41. The van der Waals surface area contributed by atoms with Gasteiger partial charge in [-0.1, -0.05) is 0 Å². The van der Waals surface area contributed by atoms with Crippen molar-refractivity contribution in [1.29, 1.82) is 0 Å². The molecule has 0 atom stereocenters. The summed E-state index contributed by atoms with van der Waals surface area (Å²) < 4.78 is 5.20. The number of carbonyl (C=O) groups is 1. The van der Waals surface area contributed by atoms with Gasteiger partial charge < -0.3 is 15.0 Å². The summed E-state index contributed by atoms with van der Waals surface area (Å²) in [6.07, 6.45) is 0. The molecular formula is C11H16N2O2S. The molecule has 5 heteroatoms. The van der Waals surface area contributed by atoms with Crippen LogP contribution in [0.3, 0.4) is 0 Å². The van der Waals surface area contributed by atoms with Crippen LogP contribution in [0.1, 0.15) is 9.75 Å². The Morgan fingerprint density at radius 1 is 1.50 bits per heavy atom. The van der Waals surface area contributed by atoms with Gasteiger partial charge in [-0.2, -0.15) is 0 Å². The second-order valence-corrected chi connectivity index (χ2v) is 5.14. The zero-order valence-electron chi connectivity index (χ0n) is 9.36. The van der Waals surface area contributed by atoms with Gasteiger partial charge in [-0.05, 0) is 19.1 Å². The van der Waals surface area contributed by atoms with E-state index >= 15 is 0 Å². The molecule has 1 aromatic rings. The number of ether oxygens (including phenoxy) is 1. The van der Waals surface area contributed by atoms with Gasteiger partial charge in [0.2, 0.25) is 0 Å². The van der Waals surface area contributed by atoms with Crippen LogP contribution in [0.25, 0.3) is 0 Å². The molecule has 0 saturated carbocycles. The Bertz CT molecular complexity index is 359. The fourth-order valence-electron chi connectivity index (χ4n) is 1.62. The first-order chi connectivity index (χ1) is 7.75. The van der Waals surface area contributed by atoms with Gasteiger partial charge in [-0.25, -0.2) is 4.79 Å². The predicted octanol–water partition coefficient (Wildman–Crippen LogP) is 1.60. The van der Waals surface area contributed by atoms with Crippen LogP contribution < -0.4 is 5.32 Å². The van der Waals surface area contributed by atoms with Gasteiger partial charge in [-0.3, -0.25) is 0 Å². The SMILES string of the molecule is Cc1ccc(CNC(=O)N2CCOCC2)s1. The Balaban J connectivity index is 1.78. The number of amides is 2. The first kappa shape index (κ1) is 11.4. The molecule has 4 nitrogen and oxygen atoms in total. The third kappa shape index (κ3) is 2.96. The highest BCUT2D eigenvalue weighted by Crippen LogP contribution is 2.14. The van der Waals surface area contributed by atoms with Crippen LogP contribution in [-0.4, -0.2) is 37.2 Å². The highest BCUT2D eigenvalue weighted by Gasteiger charge is 2.16. The van der Waals surface area contributed by atoms with E-state index in [0.717, 1.165) is 0 Å². The molecule has 2 amide bonds. The van der Waals surface area contributed by atoms with Crippen molar-refractivity contribution >= 4 is 17.4 Å². The zero-order chi connectivity index (χ0) is 11.4. The number of hydrogen-bond donors (Lipinski definition) is 1. The number of morpholine rings is 1. The lowest BCUT2D eigenvalue weighted by Gasteiger charge is -2.26. The number of carbonyl (C=O) groups excluding carboxylic acids is 1. The van der Waals surface area contributed by atoms with Crippen LogP contribution in [0.5, 0.6) is 0 Å². The lowest BCUT2D eigenvalue weighted by Crippen LogP contribution is -2.45. The van der Waals surface area contributed by atoms with Gasteiger partial charge in [0.05, 0.1) is 19.8 Å². The van der Waals surface area contributed by atoms with E-state index in [2.05, 4.69) is 24.4 Å². The van der Waals surface area contributed by atoms with E-state index in [1.807, 2.05) is 0 Å². The molecule has 88 valence electrons. The minimum Gasteiger partial charge on any atom is -0.378 e. The van der Waals surface area contributed by atoms with E-state index < -0.39 is 0 Å². The summed E-state index contributed by atoms with van der Waals surface area (Å²) in [7, 11) is 0. The van der Waals surface area contributed by atoms with Crippen LogP contribution in [0, 0.1) is 6.92 Å². The zero-order valence-corrected chi connectivity index (χ0v) is 10.2. The number of hydrogen-bond acceptors (Lipinski definition) is 3. The maximum atomic E-state index is 11.7. The molecule has 0 bridgehead atoms. The molecule has 1 aromatic heterocycles. The van der Waals surface area contributed by atoms with Crippen LogP contribution in [0.4, 0.5) is 4.79 Å². The molecule has 0 unspecified atom stereocenters. The van der Waals surface area contributed by atoms with Crippen molar-refractivity contribution in [2.45, 2.75) is 13.5 Å². The Hall–Kier alpha value is -1.07. The fraction of sp³-hybridized carbons (Fsp3) is 0.545. The minimum absolute atomic E-state index is 0.00866. The Kier molecular flexibility index (Phi) is 3.79. The standard InChI is InChI=1S/C11H16N2O2S/c1-9-2-3-10(16-9)8-12-11(14)13-4-6-15-7-5-13/h2-3H,4-8H2,1H3,(H,12,14). The molecular weight excluding hydrogens is 224 g/mol. The van der Waals surface area contributed by atoms with E-state index in [0.29, 0.717) is 32.8 Å². The normalized spacial score (nSPS) is 16.2. The average molecular weight is 240 g/mol. The monoisotopic (exact) mass is 240 g/mol. The maximum absolute atomic E-state index is 11.7. The van der Waals surface area contributed by atoms with Gasteiger partial charge in [0.15, 0.2) is 0 Å². The number of thiophene rings is 1. The van der Waals surface area contributed by atoms with Crippen molar-refractivity contribution < 1.29 is 9.53 Å². The first-order valence-corrected chi connectivity index (χ1v) is 6.23. The quantitative estimate of drug-likeness (QED) is 0.853. The molecule has 1 aliphatic heterocycles. The second-order valence-electron chi connectivity index (χ2n) is 3.77. The Morgan fingerprint density at radius 3 is 2.88 bits per heavy atom. The van der Waals surface area contributed by atoms with E-state index in [4.69, 9.17) is 4.74 Å². The maximum Gasteiger partial charge on any atom is 0.317 e. The molecule has 1 saturated heterocycles. The fourth-order valence-corrected chi connectivity index (χ4v) is 2.45.